The zero-order chi connectivity index (χ0) is 18.5. The largest absolute Gasteiger partial charge is 0.358 e. The molecule has 0 spiro atoms. The summed E-state index contributed by atoms with van der Waals surface area (Å²) in [7, 11) is 0. The zero-order valence-electron chi connectivity index (χ0n) is 14.9. The molecule has 27 heavy (non-hydrogen) atoms. The van der Waals surface area contributed by atoms with Crippen molar-refractivity contribution in [2.24, 2.45) is 0 Å². The van der Waals surface area contributed by atoms with Crippen LogP contribution in [0.15, 0.2) is 48.5 Å². The van der Waals surface area contributed by atoms with E-state index in [2.05, 4.69) is 22.1 Å². The molecule has 2 aromatic carbocycles. The Balaban J connectivity index is 1.53. The molecule has 5 heteroatoms. The molecule has 1 aliphatic rings. The van der Waals surface area contributed by atoms with Crippen LogP contribution in [0.25, 0.3) is 21.8 Å². The van der Waals surface area contributed by atoms with Gasteiger partial charge in [0.2, 0.25) is 0 Å². The summed E-state index contributed by atoms with van der Waals surface area (Å²) in [6.07, 6.45) is 0.835. The first-order valence-electron chi connectivity index (χ1n) is 9.05. The first-order valence-corrected chi connectivity index (χ1v) is 9.42. The zero-order valence-corrected chi connectivity index (χ0v) is 15.7. The minimum absolute atomic E-state index is 0.0257. The number of amides is 1. The van der Waals surface area contributed by atoms with Gasteiger partial charge in [0.1, 0.15) is 0 Å². The third kappa shape index (κ3) is 2.68. The fraction of sp³-hybridized carbons (Fsp3) is 0.182. The lowest BCUT2D eigenvalue weighted by Gasteiger charge is -2.28. The maximum absolute atomic E-state index is 13.3. The van der Waals surface area contributed by atoms with Crippen molar-refractivity contribution in [3.05, 3.63) is 76.1 Å². The second-order valence-electron chi connectivity index (χ2n) is 7.06. The van der Waals surface area contributed by atoms with Crippen molar-refractivity contribution < 1.29 is 4.79 Å². The highest BCUT2D eigenvalue weighted by atomic mass is 35.5. The number of para-hydroxylation sites is 1. The molecule has 3 heterocycles. The van der Waals surface area contributed by atoms with E-state index < -0.39 is 0 Å². The first-order chi connectivity index (χ1) is 13.1. The quantitative estimate of drug-likeness (QED) is 0.515. The molecule has 1 N–H and O–H groups in total. The Morgan fingerprint density at radius 3 is 2.93 bits per heavy atom. The van der Waals surface area contributed by atoms with Crippen LogP contribution in [0.4, 0.5) is 0 Å². The fourth-order valence-electron chi connectivity index (χ4n) is 3.97. The molecule has 0 radical (unpaired) electrons. The van der Waals surface area contributed by atoms with Crippen molar-refractivity contribution in [2.75, 3.05) is 6.54 Å². The number of carbonyl (C=O) groups excluding carboxylic acids is 1. The minimum Gasteiger partial charge on any atom is -0.358 e. The SMILES string of the molecule is Cc1nc2ccc(Cl)cc2cc1C(=O)N1CCc2[nH]c3ccccc3c2C1. The Morgan fingerprint density at radius 1 is 1.19 bits per heavy atom. The number of rotatable bonds is 1. The molecule has 0 saturated heterocycles. The third-order valence-electron chi connectivity index (χ3n) is 5.37. The molecule has 0 unspecified atom stereocenters. The van der Waals surface area contributed by atoms with Crippen LogP contribution in [0.5, 0.6) is 0 Å². The van der Waals surface area contributed by atoms with Crippen LogP contribution in [-0.4, -0.2) is 27.3 Å². The molecular weight excluding hydrogens is 358 g/mol. The van der Waals surface area contributed by atoms with Gasteiger partial charge in [-0.1, -0.05) is 29.8 Å². The summed E-state index contributed by atoms with van der Waals surface area (Å²) in [5.41, 5.74) is 5.84. The Labute approximate surface area is 161 Å². The van der Waals surface area contributed by atoms with Crippen LogP contribution in [0, 0.1) is 6.92 Å². The summed E-state index contributed by atoms with van der Waals surface area (Å²) in [5.74, 6) is 0.0257. The molecule has 0 saturated carbocycles. The maximum Gasteiger partial charge on any atom is 0.256 e. The van der Waals surface area contributed by atoms with Gasteiger partial charge in [0.25, 0.3) is 5.91 Å². The summed E-state index contributed by atoms with van der Waals surface area (Å²) in [6, 6.07) is 15.7. The number of aryl methyl sites for hydroxylation is 1. The molecule has 0 aliphatic carbocycles. The van der Waals surface area contributed by atoms with Gasteiger partial charge in [-0.25, -0.2) is 0 Å². The van der Waals surface area contributed by atoms with E-state index in [4.69, 9.17) is 11.6 Å². The van der Waals surface area contributed by atoms with Crippen LogP contribution in [0.2, 0.25) is 5.02 Å². The van der Waals surface area contributed by atoms with Crippen LogP contribution >= 0.6 is 11.6 Å². The van der Waals surface area contributed by atoms with E-state index in [9.17, 15) is 4.79 Å². The fourth-order valence-corrected chi connectivity index (χ4v) is 4.15. The Kier molecular flexibility index (Phi) is 3.69. The van der Waals surface area contributed by atoms with E-state index in [0.29, 0.717) is 23.7 Å². The van der Waals surface area contributed by atoms with Gasteiger partial charge in [0.15, 0.2) is 0 Å². The monoisotopic (exact) mass is 375 g/mol. The number of nitrogens with zero attached hydrogens (tertiary/aromatic N) is 2. The van der Waals surface area contributed by atoms with Crippen molar-refractivity contribution in [3.63, 3.8) is 0 Å². The Morgan fingerprint density at radius 2 is 2.04 bits per heavy atom. The number of hydrogen-bond acceptors (Lipinski definition) is 2. The van der Waals surface area contributed by atoms with E-state index in [1.54, 1.807) is 0 Å². The van der Waals surface area contributed by atoms with Crippen molar-refractivity contribution >= 4 is 39.3 Å². The highest BCUT2D eigenvalue weighted by molar-refractivity contribution is 6.31. The highest BCUT2D eigenvalue weighted by Gasteiger charge is 2.26. The smallest absolute Gasteiger partial charge is 0.256 e. The number of aromatic nitrogens is 2. The summed E-state index contributed by atoms with van der Waals surface area (Å²) in [6.45, 7) is 3.21. The number of halogens is 1. The van der Waals surface area contributed by atoms with E-state index in [1.165, 1.54) is 16.6 Å². The third-order valence-corrected chi connectivity index (χ3v) is 5.60. The average Bonchev–Trinajstić information content (AvgIpc) is 3.05. The number of fused-ring (bicyclic) bond motifs is 4. The van der Waals surface area contributed by atoms with Crippen molar-refractivity contribution in [1.82, 2.24) is 14.9 Å². The average molecular weight is 376 g/mol. The lowest BCUT2D eigenvalue weighted by Crippen LogP contribution is -2.36. The topological polar surface area (TPSA) is 49.0 Å². The van der Waals surface area contributed by atoms with Gasteiger partial charge in [-0.15, -0.1) is 0 Å². The first kappa shape index (κ1) is 16.3. The van der Waals surface area contributed by atoms with Crippen LogP contribution in [0.1, 0.15) is 27.3 Å². The maximum atomic E-state index is 13.3. The Hall–Kier alpha value is -2.85. The van der Waals surface area contributed by atoms with E-state index in [0.717, 1.165) is 28.5 Å². The highest BCUT2D eigenvalue weighted by Crippen LogP contribution is 2.29. The van der Waals surface area contributed by atoms with Crippen molar-refractivity contribution in [2.45, 2.75) is 19.9 Å². The predicted octanol–water partition coefficient (Wildman–Crippen LogP) is 4.88. The molecule has 4 aromatic rings. The molecular formula is C22H18ClN3O. The van der Waals surface area contributed by atoms with Gasteiger partial charge in [0, 0.05) is 52.1 Å². The number of hydrogen-bond donors (Lipinski definition) is 1. The lowest BCUT2D eigenvalue weighted by molar-refractivity contribution is 0.0734. The molecule has 5 rings (SSSR count). The van der Waals surface area contributed by atoms with E-state index in [-0.39, 0.29) is 5.91 Å². The van der Waals surface area contributed by atoms with E-state index in [1.807, 2.05) is 48.2 Å². The predicted molar refractivity (Wildman–Crippen MR) is 108 cm³/mol. The molecule has 0 bridgehead atoms. The van der Waals surface area contributed by atoms with Crippen molar-refractivity contribution in [3.8, 4) is 0 Å². The van der Waals surface area contributed by atoms with Crippen LogP contribution < -0.4 is 0 Å². The lowest BCUT2D eigenvalue weighted by atomic mass is 10.0. The molecule has 0 fully saturated rings. The molecule has 0 atom stereocenters. The van der Waals surface area contributed by atoms with Gasteiger partial charge in [-0.2, -0.15) is 0 Å². The molecule has 4 nitrogen and oxygen atoms in total. The Bertz CT molecular complexity index is 1210. The summed E-state index contributed by atoms with van der Waals surface area (Å²) in [5, 5.41) is 2.74. The number of nitrogens with one attached hydrogen (secondary N) is 1. The van der Waals surface area contributed by atoms with Crippen LogP contribution in [-0.2, 0) is 13.0 Å². The second kappa shape index (κ2) is 6.10. The van der Waals surface area contributed by atoms with Gasteiger partial charge in [-0.05, 0) is 37.3 Å². The number of aromatic amines is 1. The standard InChI is InChI=1S/C22H18ClN3O/c1-13-17(11-14-10-15(23)6-7-19(14)24-13)22(27)26-9-8-21-18(12-26)16-4-2-3-5-20(16)25-21/h2-7,10-11,25H,8-9,12H2,1H3. The summed E-state index contributed by atoms with van der Waals surface area (Å²) in [4.78, 5) is 23.3. The summed E-state index contributed by atoms with van der Waals surface area (Å²) < 4.78 is 0. The van der Waals surface area contributed by atoms with E-state index >= 15 is 0 Å². The van der Waals surface area contributed by atoms with Gasteiger partial charge in [0.05, 0.1) is 16.8 Å². The van der Waals surface area contributed by atoms with Gasteiger partial charge >= 0.3 is 0 Å². The second-order valence-corrected chi connectivity index (χ2v) is 7.50. The minimum atomic E-state index is 0.0257. The number of pyridine rings is 1. The molecule has 1 aliphatic heterocycles. The number of carbonyl (C=O) groups is 1. The molecule has 134 valence electrons. The number of H-pyrrole nitrogens is 1. The summed E-state index contributed by atoms with van der Waals surface area (Å²) >= 11 is 6.11. The molecule has 2 aromatic heterocycles. The van der Waals surface area contributed by atoms with Gasteiger partial charge in [-0.3, -0.25) is 9.78 Å². The normalized spacial score (nSPS) is 13.9. The number of benzene rings is 2. The van der Waals surface area contributed by atoms with Gasteiger partial charge < -0.3 is 9.88 Å². The van der Waals surface area contributed by atoms with Crippen LogP contribution in [0.3, 0.4) is 0 Å². The molecule has 1 amide bonds. The van der Waals surface area contributed by atoms with Crippen molar-refractivity contribution in [1.29, 1.82) is 0 Å².